The number of anilines is 1. The molecule has 2 amide bonds. The van der Waals surface area contributed by atoms with E-state index in [4.69, 9.17) is 10.5 Å². The molecule has 8 atom stereocenters. The Bertz CT molecular complexity index is 1820. The number of carbonyl (C=O) groups excluding carboxylic acids is 3. The van der Waals surface area contributed by atoms with Crippen molar-refractivity contribution >= 4 is 69.1 Å². The third-order valence-electron chi connectivity index (χ3n) is 7.59. The lowest BCUT2D eigenvalue weighted by atomic mass is 9.87. The first-order valence-corrected chi connectivity index (χ1v) is 21.4. The molecular formula is C26H42N7O19P3S-4. The summed E-state index contributed by atoms with van der Waals surface area (Å²) in [4.78, 5) is 95.6. The number of amides is 2. The number of nitrogens with two attached hydrogens (primary N) is 1. The Morgan fingerprint density at radius 1 is 1.05 bits per heavy atom. The third kappa shape index (κ3) is 14.4. The van der Waals surface area contributed by atoms with Crippen molar-refractivity contribution in [1.82, 2.24) is 30.2 Å². The number of phosphoric acid groups is 3. The van der Waals surface area contributed by atoms with Crippen LogP contribution in [0.4, 0.5) is 5.82 Å². The van der Waals surface area contributed by atoms with E-state index >= 15 is 0 Å². The number of phosphoric ester groups is 3. The Morgan fingerprint density at radius 2 is 1.70 bits per heavy atom. The summed E-state index contributed by atoms with van der Waals surface area (Å²) in [7, 11) is -17.6. The molecule has 0 saturated carbocycles. The number of hydrogen-bond donors (Lipinski definition) is 6. The van der Waals surface area contributed by atoms with Gasteiger partial charge < -0.3 is 79.6 Å². The lowest BCUT2D eigenvalue weighted by Gasteiger charge is -2.36. The highest BCUT2D eigenvalue weighted by atomic mass is 32.2. The molecule has 3 rings (SSSR count). The largest absolute Gasteiger partial charge is 0.790 e. The Kier molecular flexibility index (Phi) is 18.1. The summed E-state index contributed by atoms with van der Waals surface area (Å²) in [5.74, 6) is -1.71. The van der Waals surface area contributed by atoms with E-state index in [0.717, 1.165) is 29.0 Å². The number of imidazole rings is 1. The normalized spacial score (nSPS) is 22.1. The van der Waals surface area contributed by atoms with Gasteiger partial charge in [0.05, 0.1) is 27.4 Å². The summed E-state index contributed by atoms with van der Waals surface area (Å²) in [6.45, 7) is 3.26. The summed E-state index contributed by atoms with van der Waals surface area (Å²) in [5, 5.41) is 35.3. The summed E-state index contributed by atoms with van der Waals surface area (Å²) in [5.41, 5.74) is 4.03. The number of aromatic nitrogens is 4. The maximum atomic E-state index is 12.5. The van der Waals surface area contributed by atoms with Crippen molar-refractivity contribution in [2.45, 2.75) is 70.9 Å². The molecule has 56 heavy (non-hydrogen) atoms. The molecule has 1 fully saturated rings. The van der Waals surface area contributed by atoms with Crippen molar-refractivity contribution in [3.05, 3.63) is 12.7 Å². The van der Waals surface area contributed by atoms with Gasteiger partial charge in [-0.3, -0.25) is 28.1 Å². The first-order chi connectivity index (χ1) is 25.3. The standard InChI is InChI=1S/C26H44N7O18P3S.H2O/c1-13(2)17(35)25(39)55-8-7-28-15(34)5-6-29-23(38)20(37)26(3,4)10-48-54(45,46)51-53(43,44)47-9-14-19(50-52(40,41)42)18(36)24(49-14)33-12-32-16-21(27)30-11-31-22(16)33;/h11-14,17-20,24,35-37H,5-10H2,1-4H3,(H,28,34)(H,29,38)(H,43,44)(H,45,46)(H2,27,30,31)(H2,40,41,42);1H2/p-4/t14?,17-,18?,19?,20?,24?;/m0./s1. The fourth-order valence-electron chi connectivity index (χ4n) is 4.62. The quantitative estimate of drug-likeness (QED) is 0.0507. The second-order valence-electron chi connectivity index (χ2n) is 12.8. The molecule has 26 nitrogen and oxygen atoms in total. The SMILES string of the molecule is CC(C)[C@H](O)C(=O)SCCNC(=O)CCNC(=O)C(O)C(C)(C)COP(=O)([O-])OP(=O)([O-])OCC1OC(n2cnc3c(N)ncnc32)C(O)C1OP(=O)([O-])[O-].O. The van der Waals surface area contributed by atoms with Crippen LogP contribution < -0.4 is 35.9 Å². The molecule has 0 radical (unpaired) electrons. The number of nitrogens with one attached hydrogen (secondary N) is 2. The van der Waals surface area contributed by atoms with E-state index in [1.54, 1.807) is 13.8 Å². The molecule has 3 heterocycles. The van der Waals surface area contributed by atoms with E-state index < -0.39 is 95.8 Å². The summed E-state index contributed by atoms with van der Waals surface area (Å²) >= 11 is 0.845. The summed E-state index contributed by atoms with van der Waals surface area (Å²) in [6.07, 6.45) is -8.82. The average molecular weight is 882 g/mol. The van der Waals surface area contributed by atoms with Gasteiger partial charge in [-0.25, -0.2) is 19.3 Å². The van der Waals surface area contributed by atoms with Gasteiger partial charge in [0.15, 0.2) is 17.7 Å². The Hall–Kier alpha value is -2.52. The topological polar surface area (TPSA) is 427 Å². The number of aliphatic hydroxyl groups excluding tert-OH is 3. The van der Waals surface area contributed by atoms with Crippen LogP contribution >= 0.6 is 35.2 Å². The summed E-state index contributed by atoms with van der Waals surface area (Å²) in [6, 6.07) is 0. The molecule has 0 bridgehead atoms. The zero-order valence-electron chi connectivity index (χ0n) is 30.0. The minimum Gasteiger partial charge on any atom is -0.790 e. The zero-order valence-corrected chi connectivity index (χ0v) is 33.5. The van der Waals surface area contributed by atoms with Crippen LogP contribution in [0.2, 0.25) is 0 Å². The van der Waals surface area contributed by atoms with Gasteiger partial charge in [-0.2, -0.15) is 0 Å². The van der Waals surface area contributed by atoms with E-state index in [1.807, 2.05) is 0 Å². The van der Waals surface area contributed by atoms with E-state index in [-0.39, 0.29) is 53.6 Å². The van der Waals surface area contributed by atoms with Crippen LogP contribution in [0.3, 0.4) is 0 Å². The van der Waals surface area contributed by atoms with Gasteiger partial charge in [-0.1, -0.05) is 39.5 Å². The van der Waals surface area contributed by atoms with Crippen molar-refractivity contribution in [3.8, 4) is 0 Å². The lowest BCUT2D eigenvalue weighted by Crippen LogP contribution is -2.46. The number of nitrogens with zero attached hydrogens (tertiary/aromatic N) is 4. The second kappa shape index (κ2) is 20.4. The monoisotopic (exact) mass is 881 g/mol. The maximum Gasteiger partial charge on any atom is 0.274 e. The Balaban J connectivity index is 0.0000108. The smallest absolute Gasteiger partial charge is 0.274 e. The first-order valence-electron chi connectivity index (χ1n) is 16.0. The molecule has 2 aromatic heterocycles. The number of ether oxygens (including phenoxy) is 1. The number of hydrogen-bond acceptors (Lipinski definition) is 23. The zero-order chi connectivity index (χ0) is 41.5. The molecule has 1 saturated heterocycles. The van der Waals surface area contributed by atoms with Gasteiger partial charge in [-0.15, -0.1) is 0 Å². The number of fused-ring (bicyclic) bond motifs is 1. The van der Waals surface area contributed by atoms with E-state index in [1.165, 1.54) is 13.8 Å². The van der Waals surface area contributed by atoms with Crippen LogP contribution in [-0.2, 0) is 50.7 Å². The van der Waals surface area contributed by atoms with E-state index in [9.17, 15) is 63.0 Å². The van der Waals surface area contributed by atoms with Crippen LogP contribution in [0.15, 0.2) is 12.7 Å². The molecule has 9 N–H and O–H groups in total. The lowest BCUT2D eigenvalue weighted by molar-refractivity contribution is -0.347. The van der Waals surface area contributed by atoms with Crippen LogP contribution in [0, 0.1) is 11.3 Å². The van der Waals surface area contributed by atoms with Crippen LogP contribution in [0.5, 0.6) is 0 Å². The molecule has 1 aliphatic rings. The fourth-order valence-corrected chi connectivity index (χ4v) is 8.20. The number of aliphatic hydroxyl groups is 3. The number of rotatable bonds is 21. The van der Waals surface area contributed by atoms with Crippen LogP contribution in [0.1, 0.15) is 40.3 Å². The van der Waals surface area contributed by atoms with E-state index in [2.05, 4.69) is 43.5 Å². The fraction of sp³-hybridized carbons (Fsp3) is 0.692. The molecule has 1 aliphatic heterocycles. The molecular weight excluding hydrogens is 839 g/mol. The summed E-state index contributed by atoms with van der Waals surface area (Å²) < 4.78 is 60.4. The molecule has 7 unspecified atom stereocenters. The highest BCUT2D eigenvalue weighted by Gasteiger charge is 2.47. The Labute approximate surface area is 322 Å². The van der Waals surface area contributed by atoms with Crippen molar-refractivity contribution in [1.29, 1.82) is 0 Å². The number of carbonyl (C=O) groups is 3. The third-order valence-corrected chi connectivity index (χ3v) is 11.5. The highest BCUT2D eigenvalue weighted by molar-refractivity contribution is 8.13. The molecule has 0 aliphatic carbocycles. The van der Waals surface area contributed by atoms with Gasteiger partial charge in [0.1, 0.15) is 42.4 Å². The molecule has 0 aromatic carbocycles. The van der Waals surface area contributed by atoms with Crippen molar-refractivity contribution in [3.63, 3.8) is 0 Å². The van der Waals surface area contributed by atoms with Gasteiger partial charge in [0.25, 0.3) is 15.6 Å². The van der Waals surface area contributed by atoms with Gasteiger partial charge in [0.2, 0.25) is 16.9 Å². The van der Waals surface area contributed by atoms with Crippen LogP contribution in [-0.4, -0.2) is 120 Å². The molecule has 30 heteroatoms. The van der Waals surface area contributed by atoms with Gasteiger partial charge >= 0.3 is 0 Å². The van der Waals surface area contributed by atoms with Crippen LogP contribution in [0.25, 0.3) is 11.2 Å². The van der Waals surface area contributed by atoms with Gasteiger partial charge in [-0.05, 0) is 5.92 Å². The number of nitrogen functional groups attached to an aromatic ring is 1. The molecule has 320 valence electrons. The maximum absolute atomic E-state index is 12.5. The predicted molar refractivity (Wildman–Crippen MR) is 183 cm³/mol. The Morgan fingerprint density at radius 3 is 2.32 bits per heavy atom. The predicted octanol–water partition coefficient (Wildman–Crippen LogP) is -4.67. The first kappa shape index (κ1) is 49.6. The minimum atomic E-state index is -5.92. The second-order valence-corrected chi connectivity index (χ2v) is 18.0. The van der Waals surface area contributed by atoms with Crippen molar-refractivity contribution in [2.75, 3.05) is 37.8 Å². The molecule has 2 aromatic rings. The van der Waals surface area contributed by atoms with E-state index in [0.29, 0.717) is 0 Å². The minimum absolute atomic E-state index is 0. The van der Waals surface area contributed by atoms with Crippen molar-refractivity contribution in [2.24, 2.45) is 11.3 Å². The van der Waals surface area contributed by atoms with Gasteiger partial charge in [0, 0.05) is 30.7 Å². The highest BCUT2D eigenvalue weighted by Crippen LogP contribution is 2.56. The average Bonchev–Trinajstić information content (AvgIpc) is 3.64. The molecule has 0 spiro atoms. The number of thioether (sulfide) groups is 1. The van der Waals surface area contributed by atoms with Crippen molar-refractivity contribution < 1.29 is 91.1 Å².